The van der Waals surface area contributed by atoms with Gasteiger partial charge < -0.3 is 25.0 Å². The molecule has 3 rings (SSSR count). The largest absolute Gasteiger partial charge is 0.377 e. The second kappa shape index (κ2) is 10.1. The standard InChI is InChI=1S/C19H34N4O3/c1-20-19(21-9-12-25-14-17-7-4-11-26-17)22-16-8-10-23(13-16)18(24)15-5-2-3-6-15/h15-17H,2-14H2,1H3,(H2,20,21,22). The monoisotopic (exact) mass is 366 g/mol. The van der Waals surface area contributed by atoms with E-state index >= 15 is 0 Å². The maximum atomic E-state index is 12.5. The van der Waals surface area contributed by atoms with Gasteiger partial charge in [-0.05, 0) is 32.1 Å². The summed E-state index contributed by atoms with van der Waals surface area (Å²) in [5, 5.41) is 6.73. The molecule has 2 N–H and O–H groups in total. The number of ether oxygens (including phenoxy) is 2. The van der Waals surface area contributed by atoms with Gasteiger partial charge in [-0.1, -0.05) is 12.8 Å². The molecule has 2 heterocycles. The lowest BCUT2D eigenvalue weighted by Crippen LogP contribution is -2.46. The first kappa shape index (κ1) is 19.4. The van der Waals surface area contributed by atoms with Crippen molar-refractivity contribution in [1.82, 2.24) is 15.5 Å². The first-order valence-corrected chi connectivity index (χ1v) is 10.2. The van der Waals surface area contributed by atoms with Crippen LogP contribution in [-0.2, 0) is 14.3 Å². The zero-order valence-corrected chi connectivity index (χ0v) is 16.0. The van der Waals surface area contributed by atoms with Crippen molar-refractivity contribution in [3.05, 3.63) is 0 Å². The van der Waals surface area contributed by atoms with Gasteiger partial charge in [0.05, 0.1) is 19.3 Å². The average Bonchev–Trinajstić information content (AvgIpc) is 3.42. The molecule has 0 bridgehead atoms. The highest BCUT2D eigenvalue weighted by atomic mass is 16.5. The fourth-order valence-corrected chi connectivity index (χ4v) is 4.13. The van der Waals surface area contributed by atoms with E-state index in [1.165, 1.54) is 12.8 Å². The third-order valence-electron chi connectivity index (χ3n) is 5.64. The summed E-state index contributed by atoms with van der Waals surface area (Å²) in [5.41, 5.74) is 0. The second-order valence-electron chi connectivity index (χ2n) is 7.60. The molecule has 2 atom stereocenters. The zero-order valence-electron chi connectivity index (χ0n) is 16.0. The Morgan fingerprint density at radius 3 is 2.81 bits per heavy atom. The van der Waals surface area contributed by atoms with E-state index < -0.39 is 0 Å². The molecule has 7 heteroatoms. The summed E-state index contributed by atoms with van der Waals surface area (Å²) in [4.78, 5) is 18.8. The molecule has 2 aliphatic heterocycles. The smallest absolute Gasteiger partial charge is 0.225 e. The van der Waals surface area contributed by atoms with Crippen LogP contribution in [0.3, 0.4) is 0 Å². The van der Waals surface area contributed by atoms with Crippen molar-refractivity contribution in [2.24, 2.45) is 10.9 Å². The van der Waals surface area contributed by atoms with Crippen LogP contribution in [0, 0.1) is 5.92 Å². The number of nitrogens with zero attached hydrogens (tertiary/aromatic N) is 2. The molecule has 148 valence electrons. The van der Waals surface area contributed by atoms with Crippen molar-refractivity contribution in [1.29, 1.82) is 0 Å². The predicted molar refractivity (Wildman–Crippen MR) is 101 cm³/mol. The first-order chi connectivity index (χ1) is 12.8. The van der Waals surface area contributed by atoms with Gasteiger partial charge in [0.1, 0.15) is 0 Å². The van der Waals surface area contributed by atoms with Crippen molar-refractivity contribution in [2.45, 2.75) is 57.1 Å². The molecule has 0 spiro atoms. The van der Waals surface area contributed by atoms with Gasteiger partial charge in [-0.3, -0.25) is 9.79 Å². The molecule has 1 aliphatic carbocycles. The molecule has 2 saturated heterocycles. The Morgan fingerprint density at radius 1 is 1.23 bits per heavy atom. The number of hydrogen-bond acceptors (Lipinski definition) is 4. The van der Waals surface area contributed by atoms with E-state index in [1.54, 1.807) is 7.05 Å². The molecule has 26 heavy (non-hydrogen) atoms. The highest BCUT2D eigenvalue weighted by Gasteiger charge is 2.32. The van der Waals surface area contributed by atoms with E-state index in [-0.39, 0.29) is 18.1 Å². The summed E-state index contributed by atoms with van der Waals surface area (Å²) in [6.45, 7) is 4.53. The molecule has 0 aromatic carbocycles. The number of rotatable bonds is 7. The van der Waals surface area contributed by atoms with E-state index in [0.29, 0.717) is 25.7 Å². The Bertz CT molecular complexity index is 473. The molecule has 2 unspecified atom stereocenters. The van der Waals surface area contributed by atoms with E-state index in [4.69, 9.17) is 9.47 Å². The van der Waals surface area contributed by atoms with Crippen molar-refractivity contribution in [2.75, 3.05) is 46.5 Å². The molecule has 3 fully saturated rings. The Morgan fingerprint density at radius 2 is 2.08 bits per heavy atom. The average molecular weight is 367 g/mol. The number of amides is 1. The zero-order chi connectivity index (χ0) is 18.2. The SMILES string of the molecule is CN=C(NCCOCC1CCCO1)NC1CCN(C(=O)C2CCCC2)C1. The minimum Gasteiger partial charge on any atom is -0.377 e. The summed E-state index contributed by atoms with van der Waals surface area (Å²) in [6, 6.07) is 0.277. The van der Waals surface area contributed by atoms with E-state index in [9.17, 15) is 4.79 Å². The van der Waals surface area contributed by atoms with Gasteiger partial charge in [-0.25, -0.2) is 0 Å². The van der Waals surface area contributed by atoms with Crippen LogP contribution in [0.2, 0.25) is 0 Å². The van der Waals surface area contributed by atoms with Gasteiger partial charge >= 0.3 is 0 Å². The summed E-state index contributed by atoms with van der Waals surface area (Å²) in [6.07, 6.45) is 8.06. The fourth-order valence-electron chi connectivity index (χ4n) is 4.13. The number of carbonyl (C=O) groups is 1. The van der Waals surface area contributed by atoms with E-state index in [1.807, 2.05) is 4.90 Å². The van der Waals surface area contributed by atoms with Gasteiger partial charge in [0.2, 0.25) is 5.91 Å². The third-order valence-corrected chi connectivity index (χ3v) is 5.64. The van der Waals surface area contributed by atoms with Crippen LogP contribution in [0.1, 0.15) is 44.9 Å². The molecule has 0 radical (unpaired) electrons. The van der Waals surface area contributed by atoms with Crippen molar-refractivity contribution in [3.8, 4) is 0 Å². The molecule has 1 amide bonds. The molecular formula is C19H34N4O3. The van der Waals surface area contributed by atoms with E-state index in [2.05, 4.69) is 15.6 Å². The quantitative estimate of drug-likeness (QED) is 0.401. The highest BCUT2D eigenvalue weighted by molar-refractivity contribution is 5.81. The minimum absolute atomic E-state index is 0.271. The normalized spacial score (nSPS) is 27.3. The second-order valence-corrected chi connectivity index (χ2v) is 7.60. The Labute approximate surface area is 156 Å². The number of carbonyl (C=O) groups excluding carboxylic acids is 1. The number of hydrogen-bond donors (Lipinski definition) is 2. The van der Waals surface area contributed by atoms with Crippen LogP contribution >= 0.6 is 0 Å². The van der Waals surface area contributed by atoms with Gasteiger partial charge in [0, 0.05) is 45.2 Å². The lowest BCUT2D eigenvalue weighted by molar-refractivity contribution is -0.134. The Kier molecular flexibility index (Phi) is 7.55. The van der Waals surface area contributed by atoms with Crippen LogP contribution in [0.5, 0.6) is 0 Å². The predicted octanol–water partition coefficient (Wildman–Crippen LogP) is 1.14. The van der Waals surface area contributed by atoms with Crippen LogP contribution in [-0.4, -0.2) is 75.4 Å². The highest BCUT2D eigenvalue weighted by Crippen LogP contribution is 2.27. The minimum atomic E-state index is 0.271. The lowest BCUT2D eigenvalue weighted by atomic mass is 10.1. The molecular weight excluding hydrogens is 332 g/mol. The summed E-state index contributed by atoms with van der Waals surface area (Å²) in [7, 11) is 1.78. The van der Waals surface area contributed by atoms with E-state index in [0.717, 1.165) is 57.8 Å². The number of nitrogens with one attached hydrogen (secondary N) is 2. The summed E-state index contributed by atoms with van der Waals surface area (Å²) in [5.74, 6) is 1.41. The molecule has 1 saturated carbocycles. The Balaban J connectivity index is 1.30. The van der Waals surface area contributed by atoms with Crippen LogP contribution in [0.15, 0.2) is 4.99 Å². The third kappa shape index (κ3) is 5.58. The van der Waals surface area contributed by atoms with Crippen molar-refractivity contribution >= 4 is 11.9 Å². The molecule has 0 aromatic heterocycles. The first-order valence-electron chi connectivity index (χ1n) is 10.2. The number of likely N-dealkylation sites (tertiary alicyclic amines) is 1. The number of guanidine groups is 1. The summed E-state index contributed by atoms with van der Waals surface area (Å²) < 4.78 is 11.2. The van der Waals surface area contributed by atoms with Gasteiger partial charge in [0.15, 0.2) is 5.96 Å². The van der Waals surface area contributed by atoms with Crippen LogP contribution in [0.25, 0.3) is 0 Å². The van der Waals surface area contributed by atoms with Crippen molar-refractivity contribution < 1.29 is 14.3 Å². The Hall–Kier alpha value is -1.34. The molecule has 0 aromatic rings. The maximum Gasteiger partial charge on any atom is 0.225 e. The fraction of sp³-hybridized carbons (Fsp3) is 0.895. The summed E-state index contributed by atoms with van der Waals surface area (Å²) >= 11 is 0. The molecule has 7 nitrogen and oxygen atoms in total. The van der Waals surface area contributed by atoms with Gasteiger partial charge in [0.25, 0.3) is 0 Å². The van der Waals surface area contributed by atoms with Gasteiger partial charge in [-0.2, -0.15) is 0 Å². The molecule has 3 aliphatic rings. The van der Waals surface area contributed by atoms with Crippen LogP contribution in [0.4, 0.5) is 0 Å². The van der Waals surface area contributed by atoms with Gasteiger partial charge in [-0.15, -0.1) is 0 Å². The lowest BCUT2D eigenvalue weighted by Gasteiger charge is -2.21. The van der Waals surface area contributed by atoms with Crippen LogP contribution < -0.4 is 10.6 Å². The topological polar surface area (TPSA) is 75.2 Å². The number of aliphatic imine (C=N–C) groups is 1. The van der Waals surface area contributed by atoms with Crippen molar-refractivity contribution in [3.63, 3.8) is 0 Å². The maximum absolute atomic E-state index is 12.5.